The van der Waals surface area contributed by atoms with Gasteiger partial charge in [0.05, 0.1) is 0 Å². The summed E-state index contributed by atoms with van der Waals surface area (Å²) in [5.41, 5.74) is 11.3. The Morgan fingerprint density at radius 3 is 2.52 bits per heavy atom. The summed E-state index contributed by atoms with van der Waals surface area (Å²) < 4.78 is 2.32. The number of aromatic nitrogens is 1. The van der Waals surface area contributed by atoms with Gasteiger partial charge in [0.1, 0.15) is 0 Å². The number of hydrogen-bond acceptors (Lipinski definition) is 1. The van der Waals surface area contributed by atoms with Crippen molar-refractivity contribution in [3.8, 4) is 0 Å². The van der Waals surface area contributed by atoms with Crippen molar-refractivity contribution in [1.82, 2.24) is 4.57 Å². The lowest BCUT2D eigenvalue weighted by molar-refractivity contribution is 0.741. The molecule has 0 spiro atoms. The normalized spacial score (nSPS) is 12.7. The Balaban J connectivity index is 1.99. The van der Waals surface area contributed by atoms with Gasteiger partial charge < -0.3 is 10.3 Å². The smallest absolute Gasteiger partial charge is 0.0486 e. The predicted octanol–water partition coefficient (Wildman–Crippen LogP) is 3.89. The van der Waals surface area contributed by atoms with E-state index in [0.29, 0.717) is 0 Å². The first-order valence-electron chi connectivity index (χ1n) is 7.52. The third-order valence-electron chi connectivity index (χ3n) is 4.05. The van der Waals surface area contributed by atoms with E-state index in [1.165, 1.54) is 27.6 Å². The van der Waals surface area contributed by atoms with Crippen molar-refractivity contribution in [1.29, 1.82) is 0 Å². The molecule has 1 atom stereocenters. The van der Waals surface area contributed by atoms with E-state index in [9.17, 15) is 0 Å². The molecule has 2 nitrogen and oxygen atoms in total. The van der Waals surface area contributed by atoms with Crippen LogP contribution in [-0.4, -0.2) is 10.6 Å². The highest BCUT2D eigenvalue weighted by Crippen LogP contribution is 2.23. The van der Waals surface area contributed by atoms with E-state index in [-0.39, 0.29) is 6.04 Å². The van der Waals surface area contributed by atoms with Crippen molar-refractivity contribution in [2.45, 2.75) is 32.9 Å². The maximum Gasteiger partial charge on any atom is 0.0486 e. The summed E-state index contributed by atoms with van der Waals surface area (Å²) in [5, 5.41) is 1.32. The molecule has 21 heavy (non-hydrogen) atoms. The number of aryl methyl sites for hydroxylation is 1. The van der Waals surface area contributed by atoms with Gasteiger partial charge in [0, 0.05) is 29.7 Å². The lowest BCUT2D eigenvalue weighted by Gasteiger charge is -2.10. The van der Waals surface area contributed by atoms with Crippen molar-refractivity contribution in [3.05, 3.63) is 71.4 Å². The van der Waals surface area contributed by atoms with Gasteiger partial charge in [0.2, 0.25) is 0 Å². The first kappa shape index (κ1) is 13.9. The molecule has 2 N–H and O–H groups in total. The first-order valence-corrected chi connectivity index (χ1v) is 7.52. The minimum absolute atomic E-state index is 0.190. The van der Waals surface area contributed by atoms with Crippen molar-refractivity contribution < 1.29 is 0 Å². The molecule has 2 aromatic carbocycles. The molecule has 108 valence electrons. The van der Waals surface area contributed by atoms with Crippen LogP contribution in [0.15, 0.2) is 54.7 Å². The molecular weight excluding hydrogens is 256 g/mol. The summed E-state index contributed by atoms with van der Waals surface area (Å²) in [6, 6.07) is 17.5. The summed E-state index contributed by atoms with van der Waals surface area (Å²) in [4.78, 5) is 0. The topological polar surface area (TPSA) is 30.9 Å². The Morgan fingerprint density at radius 1 is 1.00 bits per heavy atom. The minimum atomic E-state index is 0.190. The molecule has 3 rings (SSSR count). The van der Waals surface area contributed by atoms with Gasteiger partial charge in [-0.25, -0.2) is 0 Å². The number of hydrogen-bond donors (Lipinski definition) is 1. The summed E-state index contributed by atoms with van der Waals surface area (Å²) in [5.74, 6) is 0. The zero-order valence-electron chi connectivity index (χ0n) is 12.7. The second-order valence-corrected chi connectivity index (χ2v) is 5.90. The lowest BCUT2D eigenvalue weighted by Crippen LogP contribution is -2.17. The zero-order chi connectivity index (χ0) is 14.8. The standard InChI is InChI=1S/C19H22N2/c1-14-6-3-4-7-17(14)13-21-11-10-18-16(12-15(2)20)8-5-9-19(18)21/h3-11,15H,12-13,20H2,1-2H3. The van der Waals surface area contributed by atoms with Crippen LogP contribution in [0, 0.1) is 6.92 Å². The highest BCUT2D eigenvalue weighted by atomic mass is 14.9. The second-order valence-electron chi connectivity index (χ2n) is 5.90. The molecule has 0 saturated heterocycles. The van der Waals surface area contributed by atoms with Gasteiger partial charge in [-0.15, -0.1) is 0 Å². The molecule has 0 saturated carbocycles. The molecule has 1 aromatic heterocycles. The van der Waals surface area contributed by atoms with E-state index in [2.05, 4.69) is 73.1 Å². The molecule has 0 fully saturated rings. The second kappa shape index (κ2) is 5.74. The van der Waals surface area contributed by atoms with Crippen LogP contribution < -0.4 is 5.73 Å². The third kappa shape index (κ3) is 2.86. The largest absolute Gasteiger partial charge is 0.343 e. The summed E-state index contributed by atoms with van der Waals surface area (Å²) in [6.45, 7) is 5.14. The Bertz CT molecular complexity index is 753. The first-order chi connectivity index (χ1) is 10.1. The third-order valence-corrected chi connectivity index (χ3v) is 4.05. The van der Waals surface area contributed by atoms with Crippen molar-refractivity contribution >= 4 is 10.9 Å². The van der Waals surface area contributed by atoms with E-state index >= 15 is 0 Å². The highest BCUT2D eigenvalue weighted by molar-refractivity contribution is 5.83. The van der Waals surface area contributed by atoms with E-state index < -0.39 is 0 Å². The van der Waals surface area contributed by atoms with Gasteiger partial charge in [0.25, 0.3) is 0 Å². The molecule has 0 aliphatic heterocycles. The predicted molar refractivity (Wildman–Crippen MR) is 89.6 cm³/mol. The van der Waals surface area contributed by atoms with E-state index in [1.807, 2.05) is 0 Å². The van der Waals surface area contributed by atoms with Crippen LogP contribution in [0.5, 0.6) is 0 Å². The molecule has 0 aliphatic carbocycles. The van der Waals surface area contributed by atoms with Crippen molar-refractivity contribution in [2.24, 2.45) is 5.73 Å². The monoisotopic (exact) mass is 278 g/mol. The van der Waals surface area contributed by atoms with Crippen LogP contribution in [-0.2, 0) is 13.0 Å². The Kier molecular flexibility index (Phi) is 3.80. The van der Waals surface area contributed by atoms with Crippen LogP contribution in [0.25, 0.3) is 10.9 Å². The fraction of sp³-hybridized carbons (Fsp3) is 0.263. The minimum Gasteiger partial charge on any atom is -0.343 e. The van der Waals surface area contributed by atoms with Gasteiger partial charge >= 0.3 is 0 Å². The van der Waals surface area contributed by atoms with Crippen LogP contribution in [0.2, 0.25) is 0 Å². The van der Waals surface area contributed by atoms with Crippen LogP contribution >= 0.6 is 0 Å². The average Bonchev–Trinajstić information content (AvgIpc) is 2.85. The highest BCUT2D eigenvalue weighted by Gasteiger charge is 2.08. The van der Waals surface area contributed by atoms with Gasteiger partial charge in [-0.2, -0.15) is 0 Å². The van der Waals surface area contributed by atoms with E-state index in [1.54, 1.807) is 0 Å². The molecule has 1 unspecified atom stereocenters. The number of benzene rings is 2. The number of fused-ring (bicyclic) bond motifs is 1. The molecule has 3 aromatic rings. The lowest BCUT2D eigenvalue weighted by atomic mass is 10.0. The van der Waals surface area contributed by atoms with E-state index in [4.69, 9.17) is 5.73 Å². The van der Waals surface area contributed by atoms with Crippen LogP contribution in [0.3, 0.4) is 0 Å². The Labute approximate surface area is 126 Å². The molecule has 2 heteroatoms. The molecule has 0 radical (unpaired) electrons. The van der Waals surface area contributed by atoms with Gasteiger partial charge in [-0.05, 0) is 49.1 Å². The zero-order valence-corrected chi connectivity index (χ0v) is 12.7. The number of nitrogens with zero attached hydrogens (tertiary/aromatic N) is 1. The fourth-order valence-electron chi connectivity index (χ4n) is 2.92. The summed E-state index contributed by atoms with van der Waals surface area (Å²) in [6.07, 6.45) is 3.10. The van der Waals surface area contributed by atoms with Crippen LogP contribution in [0.1, 0.15) is 23.6 Å². The molecule has 1 heterocycles. The van der Waals surface area contributed by atoms with Gasteiger partial charge in [-0.1, -0.05) is 36.4 Å². The quantitative estimate of drug-likeness (QED) is 0.771. The van der Waals surface area contributed by atoms with Crippen LogP contribution in [0.4, 0.5) is 0 Å². The van der Waals surface area contributed by atoms with Crippen molar-refractivity contribution in [3.63, 3.8) is 0 Å². The molecular formula is C19H22N2. The fourth-order valence-corrected chi connectivity index (χ4v) is 2.92. The number of rotatable bonds is 4. The van der Waals surface area contributed by atoms with Gasteiger partial charge in [0.15, 0.2) is 0 Å². The number of nitrogens with two attached hydrogens (primary N) is 1. The van der Waals surface area contributed by atoms with Crippen molar-refractivity contribution in [2.75, 3.05) is 0 Å². The van der Waals surface area contributed by atoms with Gasteiger partial charge in [-0.3, -0.25) is 0 Å². The summed E-state index contributed by atoms with van der Waals surface area (Å²) >= 11 is 0. The molecule has 0 bridgehead atoms. The Hall–Kier alpha value is -2.06. The summed E-state index contributed by atoms with van der Waals surface area (Å²) in [7, 11) is 0. The Morgan fingerprint density at radius 2 is 1.76 bits per heavy atom. The molecule has 0 aliphatic rings. The maximum atomic E-state index is 5.96. The average molecular weight is 278 g/mol. The van der Waals surface area contributed by atoms with E-state index in [0.717, 1.165) is 13.0 Å². The SMILES string of the molecule is Cc1ccccc1Cn1ccc2c(CC(C)N)cccc21. The molecule has 0 amide bonds. The maximum absolute atomic E-state index is 5.96.